The Morgan fingerprint density at radius 3 is 2.62 bits per heavy atom. The third-order valence-corrected chi connectivity index (χ3v) is 15.2. The molecule has 1 saturated carbocycles. The van der Waals surface area contributed by atoms with E-state index >= 15 is 0 Å². The van der Waals surface area contributed by atoms with Crippen molar-refractivity contribution >= 4 is 50.4 Å². The molecule has 4 heterocycles. The van der Waals surface area contributed by atoms with Gasteiger partial charge >= 0.3 is 0 Å². The largest absolute Gasteiger partial charge is 0.506 e. The van der Waals surface area contributed by atoms with Gasteiger partial charge in [-0.2, -0.15) is 0 Å². The lowest BCUT2D eigenvalue weighted by molar-refractivity contribution is -0.135. The van der Waals surface area contributed by atoms with Crippen LogP contribution in [0.2, 0.25) is 0 Å². The lowest BCUT2D eigenvalue weighted by Gasteiger charge is -2.35. The van der Waals surface area contributed by atoms with Crippen LogP contribution in [0.5, 0.6) is 5.75 Å². The molecule has 7 aromatic rings. The lowest BCUT2D eigenvalue weighted by atomic mass is 9.79. The van der Waals surface area contributed by atoms with E-state index < -0.39 is 11.7 Å². The number of fused-ring (bicyclic) bond motifs is 4. The van der Waals surface area contributed by atoms with E-state index in [0.717, 1.165) is 85.9 Å². The first-order chi connectivity index (χ1) is 29.7. The number of carbonyl (C=O) groups is 1. The maximum atomic E-state index is 14.1. The number of pyridine rings is 1. The fourth-order valence-corrected chi connectivity index (χ4v) is 11.7. The molecule has 61 heavy (non-hydrogen) atoms. The summed E-state index contributed by atoms with van der Waals surface area (Å²) in [5, 5.41) is 48.8. The highest BCUT2D eigenvalue weighted by atomic mass is 32.1. The molecule has 0 unspecified atom stereocenters. The van der Waals surface area contributed by atoms with Crippen molar-refractivity contribution in [1.82, 2.24) is 30.2 Å². The van der Waals surface area contributed by atoms with E-state index in [4.69, 9.17) is 0 Å². The number of aliphatic hydroxyl groups is 2. The molecule has 3 aromatic carbocycles. The number of hydrogen-bond donors (Lipinski definition) is 5. The second-order valence-corrected chi connectivity index (χ2v) is 18.8. The number of benzene rings is 3. The zero-order chi connectivity index (χ0) is 42.1. The molecule has 11 nitrogen and oxygen atoms in total. The number of rotatable bonds is 16. The predicted octanol–water partition coefficient (Wildman–Crippen LogP) is 7.86. The third kappa shape index (κ3) is 8.35. The highest BCUT2D eigenvalue weighted by Gasteiger charge is 2.43. The van der Waals surface area contributed by atoms with Gasteiger partial charge in [-0.1, -0.05) is 47.7 Å². The maximum absolute atomic E-state index is 14.1. The molecule has 0 radical (unpaired) electrons. The number of carbonyl (C=O) groups excluding carboxylic acids is 1. The van der Waals surface area contributed by atoms with Crippen LogP contribution in [-0.4, -0.2) is 72.2 Å². The Balaban J connectivity index is 0.780. The van der Waals surface area contributed by atoms with Crippen LogP contribution in [0.25, 0.3) is 32.4 Å². The standard InChI is InChI=1S/C48H52N6O5S2/c1-53(33-15-13-30(14-16-33)26-42(57)48(59,43-12-6-25-60-43)44-21-20-41(61-44)31-8-3-2-4-9-31)23-7-24-54-47-37-11-5-10-34(37)32(27-38(47)51-52-54)28-49-29-40(56)35-17-19-39(55)46-36(35)18-22-45(58)50-46/h2-4,6,8-9,12,17-22,25,27,30,33,40,49,55-56,59H,5,7,10-11,13-16,23-24,26,28-29H2,1H3,(H,50,58)/t30-,33-,40-,48+/m0/s1. The second-order valence-electron chi connectivity index (χ2n) is 16.8. The first kappa shape index (κ1) is 41.3. The SMILES string of the molecule is CN(CCCn1nnc2cc(CNC[C@H](O)c3ccc(O)c4[nH]c(=O)ccc34)c3c(c21)CCC3)[C@H]1CC[C@H](CC(=O)[C@@](O)(c2cccs2)c2ccc(-c3ccccc3)s2)CC1. The van der Waals surface area contributed by atoms with Gasteiger partial charge in [-0.05, 0) is 140 Å². The van der Waals surface area contributed by atoms with Crippen LogP contribution in [0.15, 0.2) is 95.1 Å². The Morgan fingerprint density at radius 2 is 1.82 bits per heavy atom. The summed E-state index contributed by atoms with van der Waals surface area (Å²) in [6.45, 7) is 2.60. The van der Waals surface area contributed by atoms with Gasteiger partial charge in [0.2, 0.25) is 5.56 Å². The average molecular weight is 857 g/mol. The summed E-state index contributed by atoms with van der Waals surface area (Å²) in [5.41, 5.74) is 5.98. The Bertz CT molecular complexity index is 2700. The number of aliphatic hydroxyl groups excluding tert-OH is 1. The van der Waals surface area contributed by atoms with Crippen molar-refractivity contribution in [3.63, 3.8) is 0 Å². The lowest BCUT2D eigenvalue weighted by Crippen LogP contribution is -2.39. The average Bonchev–Trinajstić information content (AvgIpc) is 4.12. The topological polar surface area (TPSA) is 157 Å². The van der Waals surface area contributed by atoms with E-state index in [0.29, 0.717) is 51.8 Å². The summed E-state index contributed by atoms with van der Waals surface area (Å²) in [7, 11) is 2.21. The highest BCUT2D eigenvalue weighted by molar-refractivity contribution is 7.16. The minimum atomic E-state index is -1.64. The number of hydrogen-bond acceptors (Lipinski definition) is 11. The monoisotopic (exact) mass is 856 g/mol. The third-order valence-electron chi connectivity index (χ3n) is 13.0. The van der Waals surface area contributed by atoms with Gasteiger partial charge in [-0.15, -0.1) is 27.8 Å². The van der Waals surface area contributed by atoms with Crippen LogP contribution in [0.4, 0.5) is 0 Å². The molecule has 2 aliphatic carbocycles. The molecule has 9 rings (SSSR count). The quantitative estimate of drug-likeness (QED) is 0.0653. The molecule has 13 heteroatoms. The second kappa shape index (κ2) is 17.8. The number of aryl methyl sites for hydroxylation is 2. The summed E-state index contributed by atoms with van der Waals surface area (Å²) < 4.78 is 2.09. The number of thiophene rings is 2. The van der Waals surface area contributed by atoms with Crippen molar-refractivity contribution in [2.75, 3.05) is 20.1 Å². The zero-order valence-electron chi connectivity index (χ0n) is 34.3. The number of aromatic amines is 1. The fourth-order valence-electron chi connectivity index (χ4n) is 9.69. The van der Waals surface area contributed by atoms with Crippen LogP contribution < -0.4 is 10.9 Å². The van der Waals surface area contributed by atoms with Crippen molar-refractivity contribution in [3.8, 4) is 16.2 Å². The van der Waals surface area contributed by atoms with E-state index in [1.165, 1.54) is 51.5 Å². The predicted molar refractivity (Wildman–Crippen MR) is 242 cm³/mol. The van der Waals surface area contributed by atoms with Gasteiger partial charge in [0.1, 0.15) is 11.3 Å². The fraction of sp³-hybridized carbons (Fsp3) is 0.375. The van der Waals surface area contributed by atoms with E-state index in [1.807, 2.05) is 47.8 Å². The minimum Gasteiger partial charge on any atom is -0.506 e. The first-order valence-electron chi connectivity index (χ1n) is 21.4. The molecule has 316 valence electrons. The molecule has 0 bridgehead atoms. The number of ketones is 1. The Hall–Kier alpha value is -5.02. The normalized spacial score (nSPS) is 18.2. The van der Waals surface area contributed by atoms with Gasteiger partial charge < -0.3 is 30.5 Å². The zero-order valence-corrected chi connectivity index (χ0v) is 36.0. The van der Waals surface area contributed by atoms with Gasteiger partial charge in [-0.25, -0.2) is 4.68 Å². The van der Waals surface area contributed by atoms with Crippen LogP contribution in [0.3, 0.4) is 0 Å². The van der Waals surface area contributed by atoms with Crippen LogP contribution in [-0.2, 0) is 36.3 Å². The number of Topliss-reactive ketones (excluding diaryl/α,β-unsaturated/α-hetero) is 1. The number of H-pyrrole nitrogens is 1. The highest BCUT2D eigenvalue weighted by Crippen LogP contribution is 2.43. The van der Waals surface area contributed by atoms with Crippen molar-refractivity contribution in [3.05, 3.63) is 133 Å². The van der Waals surface area contributed by atoms with Gasteiger partial charge in [-0.3, -0.25) is 9.59 Å². The Kier molecular flexibility index (Phi) is 12.0. The van der Waals surface area contributed by atoms with Crippen LogP contribution in [0, 0.1) is 5.92 Å². The van der Waals surface area contributed by atoms with Gasteiger partial charge in [0.25, 0.3) is 0 Å². The van der Waals surface area contributed by atoms with Crippen molar-refractivity contribution in [1.29, 1.82) is 0 Å². The molecule has 1 fully saturated rings. The van der Waals surface area contributed by atoms with E-state index in [9.17, 15) is 24.9 Å². The van der Waals surface area contributed by atoms with E-state index in [2.05, 4.69) is 55.4 Å². The van der Waals surface area contributed by atoms with Crippen molar-refractivity contribution < 1.29 is 20.1 Å². The molecular weight excluding hydrogens is 805 g/mol. The number of phenolic OH excluding ortho intramolecular Hbond substituents is 1. The summed E-state index contributed by atoms with van der Waals surface area (Å²) in [6, 6.07) is 26.7. The smallest absolute Gasteiger partial charge is 0.248 e. The van der Waals surface area contributed by atoms with Crippen molar-refractivity contribution in [2.24, 2.45) is 5.92 Å². The maximum Gasteiger partial charge on any atom is 0.248 e. The Labute approximate surface area is 362 Å². The number of aromatic nitrogens is 4. The molecular formula is C48H52N6O5S2. The first-order valence-corrected chi connectivity index (χ1v) is 23.1. The Morgan fingerprint density at radius 1 is 1.00 bits per heavy atom. The van der Waals surface area contributed by atoms with Crippen molar-refractivity contribution in [2.45, 2.75) is 88.6 Å². The number of phenols is 1. The summed E-state index contributed by atoms with van der Waals surface area (Å²) >= 11 is 2.94. The number of nitrogens with zero attached hydrogens (tertiary/aromatic N) is 4. The molecule has 5 N–H and O–H groups in total. The van der Waals surface area contributed by atoms with Gasteiger partial charge in [0, 0.05) is 58.2 Å². The molecule has 0 spiro atoms. The summed E-state index contributed by atoms with van der Waals surface area (Å²) in [4.78, 5) is 33.5. The minimum absolute atomic E-state index is 0.0290. The number of nitrogens with one attached hydrogen (secondary N) is 2. The summed E-state index contributed by atoms with van der Waals surface area (Å²) in [5.74, 6) is 0.110. The summed E-state index contributed by atoms with van der Waals surface area (Å²) in [6.07, 6.45) is 7.55. The molecule has 4 aromatic heterocycles. The molecule has 2 aliphatic rings. The van der Waals surface area contributed by atoms with E-state index in [-0.39, 0.29) is 23.0 Å². The van der Waals surface area contributed by atoms with Gasteiger partial charge in [0.05, 0.1) is 17.1 Å². The van der Waals surface area contributed by atoms with Crippen LogP contribution in [0.1, 0.15) is 83.1 Å². The molecule has 0 saturated heterocycles. The molecule has 0 aliphatic heterocycles. The van der Waals surface area contributed by atoms with E-state index in [1.54, 1.807) is 12.1 Å². The molecule has 0 amide bonds. The van der Waals surface area contributed by atoms with Crippen LogP contribution >= 0.6 is 22.7 Å². The number of aromatic hydroxyl groups is 1. The molecule has 2 atom stereocenters. The van der Waals surface area contributed by atoms with Gasteiger partial charge in [0.15, 0.2) is 11.4 Å².